The number of aliphatic carboxylic acids is 1. The van der Waals surface area contributed by atoms with Gasteiger partial charge in [-0.2, -0.15) is 0 Å². The number of carbonyl (C=O) groups is 1. The molecule has 5 heteroatoms. The molecule has 0 bridgehead atoms. The summed E-state index contributed by atoms with van der Waals surface area (Å²) >= 11 is 0. The van der Waals surface area contributed by atoms with Gasteiger partial charge in [0.1, 0.15) is 17.5 Å². The maximum Gasteiger partial charge on any atom is 0.325 e. The summed E-state index contributed by atoms with van der Waals surface area (Å²) in [5, 5.41) is 27.4. The van der Waals surface area contributed by atoms with Gasteiger partial charge in [-0.15, -0.1) is 0 Å². The molecule has 76 valence electrons. The third-order valence-corrected chi connectivity index (χ3v) is 1.86. The van der Waals surface area contributed by atoms with Gasteiger partial charge in [0.2, 0.25) is 0 Å². The molecule has 1 unspecified atom stereocenters. The van der Waals surface area contributed by atoms with Crippen molar-refractivity contribution in [1.29, 1.82) is 0 Å². The monoisotopic (exact) mass is 197 g/mol. The molecule has 0 amide bonds. The van der Waals surface area contributed by atoms with Crippen LogP contribution in [0.4, 0.5) is 0 Å². The largest absolute Gasteiger partial charge is 0.507 e. The minimum atomic E-state index is -1.42. The van der Waals surface area contributed by atoms with Crippen molar-refractivity contribution in [1.82, 2.24) is 0 Å². The number of carboxylic acids is 1. The van der Waals surface area contributed by atoms with Crippen LogP contribution in [-0.2, 0) is 4.79 Å². The zero-order valence-corrected chi connectivity index (χ0v) is 7.56. The van der Waals surface area contributed by atoms with Crippen LogP contribution in [0.5, 0.6) is 11.5 Å². The molecule has 1 aromatic rings. The van der Waals surface area contributed by atoms with Crippen LogP contribution in [0.15, 0.2) is 12.1 Å². The Balaban J connectivity index is 3.27. The number of rotatable bonds is 2. The number of aryl methyl sites for hydroxylation is 1. The SMILES string of the molecule is Cc1cc(O)c(C(N)C(=O)O)c(O)c1. The van der Waals surface area contributed by atoms with Crippen LogP contribution < -0.4 is 5.73 Å². The Bertz CT molecular complexity index is 352. The van der Waals surface area contributed by atoms with E-state index in [1.165, 1.54) is 12.1 Å². The maximum absolute atomic E-state index is 10.5. The molecule has 0 aliphatic heterocycles. The first-order valence-electron chi connectivity index (χ1n) is 3.94. The molecule has 0 radical (unpaired) electrons. The molecule has 0 saturated heterocycles. The lowest BCUT2D eigenvalue weighted by Crippen LogP contribution is -2.20. The molecule has 14 heavy (non-hydrogen) atoms. The van der Waals surface area contributed by atoms with Crippen LogP contribution in [0.1, 0.15) is 17.2 Å². The van der Waals surface area contributed by atoms with Gasteiger partial charge in [-0.05, 0) is 24.6 Å². The normalized spacial score (nSPS) is 12.4. The van der Waals surface area contributed by atoms with Crippen molar-refractivity contribution in [2.24, 2.45) is 5.73 Å². The van der Waals surface area contributed by atoms with Crippen LogP contribution in [0.2, 0.25) is 0 Å². The van der Waals surface area contributed by atoms with E-state index in [0.717, 1.165) is 0 Å². The second kappa shape index (κ2) is 3.55. The maximum atomic E-state index is 10.5. The highest BCUT2D eigenvalue weighted by Gasteiger charge is 2.22. The molecular weight excluding hydrogens is 186 g/mol. The summed E-state index contributed by atoms with van der Waals surface area (Å²) in [6.07, 6.45) is 0. The highest BCUT2D eigenvalue weighted by atomic mass is 16.4. The Labute approximate surface area is 80.4 Å². The molecule has 0 aliphatic rings. The molecule has 0 fully saturated rings. The molecule has 5 N–H and O–H groups in total. The lowest BCUT2D eigenvalue weighted by Gasteiger charge is -2.11. The zero-order chi connectivity index (χ0) is 10.9. The number of carboxylic acid groups (broad SMARTS) is 1. The minimum Gasteiger partial charge on any atom is -0.507 e. The first-order chi connectivity index (χ1) is 6.43. The van der Waals surface area contributed by atoms with Gasteiger partial charge in [0.25, 0.3) is 0 Å². The van der Waals surface area contributed by atoms with Crippen molar-refractivity contribution in [2.45, 2.75) is 13.0 Å². The molecule has 1 atom stereocenters. The van der Waals surface area contributed by atoms with E-state index in [4.69, 9.17) is 10.8 Å². The third-order valence-electron chi connectivity index (χ3n) is 1.86. The lowest BCUT2D eigenvalue weighted by molar-refractivity contribution is -0.138. The van der Waals surface area contributed by atoms with Gasteiger partial charge in [-0.25, -0.2) is 0 Å². The molecule has 0 aromatic heterocycles. The summed E-state index contributed by atoms with van der Waals surface area (Å²) in [5.41, 5.74) is 5.73. The van der Waals surface area contributed by atoms with Crippen LogP contribution >= 0.6 is 0 Å². The first-order valence-corrected chi connectivity index (χ1v) is 3.94. The van der Waals surface area contributed by atoms with Crippen molar-refractivity contribution in [3.8, 4) is 11.5 Å². The van der Waals surface area contributed by atoms with E-state index in [1.54, 1.807) is 6.92 Å². The number of benzene rings is 1. The Morgan fingerprint density at radius 3 is 2.14 bits per heavy atom. The van der Waals surface area contributed by atoms with E-state index in [1.807, 2.05) is 0 Å². The Morgan fingerprint density at radius 2 is 1.79 bits per heavy atom. The molecule has 0 aliphatic carbocycles. The first kappa shape index (κ1) is 10.3. The van der Waals surface area contributed by atoms with Gasteiger partial charge in [-0.1, -0.05) is 0 Å². The predicted octanol–water partition coefficient (Wildman–Crippen LogP) is 0.491. The fourth-order valence-electron chi connectivity index (χ4n) is 1.20. The summed E-state index contributed by atoms with van der Waals surface area (Å²) in [6.45, 7) is 1.66. The average Bonchev–Trinajstić information content (AvgIpc) is 2.01. The molecule has 1 rings (SSSR count). The Hall–Kier alpha value is -1.75. The van der Waals surface area contributed by atoms with Crippen LogP contribution in [0, 0.1) is 6.92 Å². The number of aromatic hydroxyl groups is 2. The highest BCUT2D eigenvalue weighted by molar-refractivity contribution is 5.77. The van der Waals surface area contributed by atoms with Gasteiger partial charge in [0.05, 0.1) is 5.56 Å². The summed E-state index contributed by atoms with van der Waals surface area (Å²) in [6, 6.07) is 1.27. The van der Waals surface area contributed by atoms with Crippen LogP contribution in [-0.4, -0.2) is 21.3 Å². The second-order valence-corrected chi connectivity index (χ2v) is 3.03. The number of nitrogens with two attached hydrogens (primary N) is 1. The van der Waals surface area contributed by atoms with Crippen molar-refractivity contribution < 1.29 is 20.1 Å². The number of hydrogen-bond donors (Lipinski definition) is 4. The summed E-state index contributed by atoms with van der Waals surface area (Å²) in [4.78, 5) is 10.5. The smallest absolute Gasteiger partial charge is 0.325 e. The number of phenols is 2. The molecule has 0 saturated carbocycles. The van der Waals surface area contributed by atoms with Crippen LogP contribution in [0.3, 0.4) is 0 Å². The fraction of sp³-hybridized carbons (Fsp3) is 0.222. The minimum absolute atomic E-state index is 0.164. The number of phenolic OH excluding ortho intramolecular Hbond substituents is 2. The van der Waals surface area contributed by atoms with Gasteiger partial charge in [0.15, 0.2) is 0 Å². The van der Waals surface area contributed by atoms with Crippen molar-refractivity contribution >= 4 is 5.97 Å². The van der Waals surface area contributed by atoms with Crippen molar-refractivity contribution in [3.63, 3.8) is 0 Å². The van der Waals surface area contributed by atoms with E-state index in [0.29, 0.717) is 5.56 Å². The van der Waals surface area contributed by atoms with Gasteiger partial charge < -0.3 is 21.1 Å². The molecule has 1 aromatic carbocycles. The van der Waals surface area contributed by atoms with Gasteiger partial charge in [0, 0.05) is 0 Å². The van der Waals surface area contributed by atoms with E-state index >= 15 is 0 Å². The Kier molecular flexibility index (Phi) is 2.62. The molecule has 0 heterocycles. The third kappa shape index (κ3) is 1.77. The number of hydrogen-bond acceptors (Lipinski definition) is 4. The van der Waals surface area contributed by atoms with Gasteiger partial charge in [-0.3, -0.25) is 4.79 Å². The van der Waals surface area contributed by atoms with E-state index in [9.17, 15) is 15.0 Å². The summed E-state index contributed by atoms with van der Waals surface area (Å²) in [5.74, 6) is -1.92. The topological polar surface area (TPSA) is 104 Å². The molecular formula is C9H11NO4. The highest BCUT2D eigenvalue weighted by Crippen LogP contribution is 2.32. The summed E-state index contributed by atoms with van der Waals surface area (Å²) < 4.78 is 0. The summed E-state index contributed by atoms with van der Waals surface area (Å²) in [7, 11) is 0. The van der Waals surface area contributed by atoms with E-state index in [-0.39, 0.29) is 17.1 Å². The van der Waals surface area contributed by atoms with Crippen molar-refractivity contribution in [2.75, 3.05) is 0 Å². The fourth-order valence-corrected chi connectivity index (χ4v) is 1.20. The van der Waals surface area contributed by atoms with Gasteiger partial charge >= 0.3 is 5.97 Å². The van der Waals surface area contributed by atoms with E-state index in [2.05, 4.69) is 0 Å². The van der Waals surface area contributed by atoms with Crippen molar-refractivity contribution in [3.05, 3.63) is 23.3 Å². The lowest BCUT2D eigenvalue weighted by atomic mass is 10.0. The zero-order valence-electron chi connectivity index (χ0n) is 7.56. The quantitative estimate of drug-likeness (QED) is 0.552. The second-order valence-electron chi connectivity index (χ2n) is 3.03. The predicted molar refractivity (Wildman–Crippen MR) is 49.1 cm³/mol. The van der Waals surface area contributed by atoms with Crippen LogP contribution in [0.25, 0.3) is 0 Å². The molecule has 5 nitrogen and oxygen atoms in total. The van der Waals surface area contributed by atoms with E-state index < -0.39 is 12.0 Å². The average molecular weight is 197 g/mol. The molecule has 0 spiro atoms. The standard InChI is InChI=1S/C9H11NO4/c1-4-2-5(11)7(6(12)3-4)8(10)9(13)14/h2-3,8,11-12H,10H2,1H3,(H,13,14). The Morgan fingerprint density at radius 1 is 1.36 bits per heavy atom.